The third-order valence-corrected chi connectivity index (χ3v) is 4.05. The van der Waals surface area contributed by atoms with Crippen molar-refractivity contribution in [3.05, 3.63) is 94.4 Å². The Kier molecular flexibility index (Phi) is 6.39. The van der Waals surface area contributed by atoms with E-state index in [4.69, 9.17) is 16.3 Å². The summed E-state index contributed by atoms with van der Waals surface area (Å²) < 4.78 is 18.8. The van der Waals surface area contributed by atoms with Crippen molar-refractivity contribution >= 4 is 17.5 Å². The van der Waals surface area contributed by atoms with Crippen LogP contribution in [0.4, 0.5) is 4.39 Å². The van der Waals surface area contributed by atoms with Crippen LogP contribution in [0.25, 0.3) is 0 Å². The van der Waals surface area contributed by atoms with Gasteiger partial charge in [0, 0.05) is 23.8 Å². The van der Waals surface area contributed by atoms with E-state index in [0.29, 0.717) is 29.6 Å². The first-order valence-corrected chi connectivity index (χ1v) is 8.79. The Morgan fingerprint density at radius 2 is 1.85 bits per heavy atom. The predicted molar refractivity (Wildman–Crippen MR) is 102 cm³/mol. The van der Waals surface area contributed by atoms with Crippen LogP contribution in [-0.2, 0) is 24.4 Å². The van der Waals surface area contributed by atoms with E-state index in [1.807, 2.05) is 18.2 Å². The number of hydrogen-bond donors (Lipinski definition) is 1. The molecule has 2 aromatic carbocycles. The fourth-order valence-corrected chi connectivity index (χ4v) is 2.73. The standard InChI is InChI=1S/C21H18ClFN2O2/c22-18-5-1-4-17(9-18)14-27-21-12-16(7-8-24-21)13-25-20(26)11-15-3-2-6-19(23)10-15/h1-10,12H,11,13-14H2,(H,25,26). The summed E-state index contributed by atoms with van der Waals surface area (Å²) in [7, 11) is 0. The van der Waals surface area contributed by atoms with Crippen LogP contribution < -0.4 is 10.1 Å². The summed E-state index contributed by atoms with van der Waals surface area (Å²) in [5, 5.41) is 3.46. The molecule has 0 atom stereocenters. The molecule has 1 aromatic heterocycles. The van der Waals surface area contributed by atoms with Crippen molar-refractivity contribution in [2.75, 3.05) is 0 Å². The first kappa shape index (κ1) is 18.9. The van der Waals surface area contributed by atoms with Crippen molar-refractivity contribution < 1.29 is 13.9 Å². The van der Waals surface area contributed by atoms with Crippen LogP contribution in [0.5, 0.6) is 5.88 Å². The van der Waals surface area contributed by atoms with Crippen molar-refractivity contribution in [3.63, 3.8) is 0 Å². The maximum absolute atomic E-state index is 13.2. The molecule has 0 radical (unpaired) electrons. The zero-order valence-electron chi connectivity index (χ0n) is 14.5. The minimum absolute atomic E-state index is 0.126. The lowest BCUT2D eigenvalue weighted by Gasteiger charge is -2.09. The summed E-state index contributed by atoms with van der Waals surface area (Å²) in [5.74, 6) is -0.0680. The van der Waals surface area contributed by atoms with Gasteiger partial charge in [0.25, 0.3) is 0 Å². The summed E-state index contributed by atoms with van der Waals surface area (Å²) in [6, 6.07) is 17.0. The molecule has 1 amide bonds. The van der Waals surface area contributed by atoms with Crippen molar-refractivity contribution in [3.8, 4) is 5.88 Å². The zero-order valence-corrected chi connectivity index (χ0v) is 15.2. The molecule has 3 rings (SSSR count). The highest BCUT2D eigenvalue weighted by Crippen LogP contribution is 2.15. The van der Waals surface area contributed by atoms with E-state index in [2.05, 4.69) is 10.3 Å². The number of pyridine rings is 1. The Bertz CT molecular complexity index is 933. The molecule has 0 spiro atoms. The van der Waals surface area contributed by atoms with E-state index in [-0.39, 0.29) is 18.1 Å². The number of halogens is 2. The second-order valence-electron chi connectivity index (χ2n) is 6.00. The lowest BCUT2D eigenvalue weighted by Crippen LogP contribution is -2.24. The predicted octanol–water partition coefficient (Wildman–Crippen LogP) is 4.31. The van der Waals surface area contributed by atoms with Gasteiger partial charge in [-0.25, -0.2) is 9.37 Å². The molecule has 27 heavy (non-hydrogen) atoms. The monoisotopic (exact) mass is 384 g/mol. The number of aromatic nitrogens is 1. The summed E-state index contributed by atoms with van der Waals surface area (Å²) in [6.45, 7) is 0.688. The summed E-state index contributed by atoms with van der Waals surface area (Å²) in [4.78, 5) is 16.2. The number of nitrogens with one attached hydrogen (secondary N) is 1. The number of carbonyl (C=O) groups excluding carboxylic acids is 1. The maximum atomic E-state index is 13.2. The van der Waals surface area contributed by atoms with E-state index in [0.717, 1.165) is 11.1 Å². The summed E-state index contributed by atoms with van der Waals surface area (Å²) in [5.41, 5.74) is 2.43. The summed E-state index contributed by atoms with van der Waals surface area (Å²) >= 11 is 5.96. The number of hydrogen-bond acceptors (Lipinski definition) is 3. The molecule has 0 saturated heterocycles. The minimum Gasteiger partial charge on any atom is -0.473 e. The SMILES string of the molecule is O=C(Cc1cccc(F)c1)NCc1ccnc(OCc2cccc(Cl)c2)c1. The highest BCUT2D eigenvalue weighted by atomic mass is 35.5. The van der Waals surface area contributed by atoms with Gasteiger partial charge in [0.1, 0.15) is 12.4 Å². The van der Waals surface area contributed by atoms with Gasteiger partial charge in [-0.15, -0.1) is 0 Å². The minimum atomic E-state index is -0.351. The number of benzene rings is 2. The molecular weight excluding hydrogens is 367 g/mol. The normalized spacial score (nSPS) is 10.4. The van der Waals surface area contributed by atoms with Gasteiger partial charge in [0.2, 0.25) is 11.8 Å². The van der Waals surface area contributed by atoms with E-state index in [9.17, 15) is 9.18 Å². The van der Waals surface area contributed by atoms with Gasteiger partial charge >= 0.3 is 0 Å². The van der Waals surface area contributed by atoms with Gasteiger partial charge in [0.05, 0.1) is 6.42 Å². The molecule has 0 saturated carbocycles. The Morgan fingerprint density at radius 3 is 2.67 bits per heavy atom. The average Bonchev–Trinajstić information content (AvgIpc) is 2.65. The van der Waals surface area contributed by atoms with Gasteiger partial charge in [-0.1, -0.05) is 35.9 Å². The molecule has 1 N–H and O–H groups in total. The zero-order chi connectivity index (χ0) is 19.1. The lowest BCUT2D eigenvalue weighted by molar-refractivity contribution is -0.120. The fourth-order valence-electron chi connectivity index (χ4n) is 2.52. The van der Waals surface area contributed by atoms with Crippen LogP contribution in [0.1, 0.15) is 16.7 Å². The molecule has 1 heterocycles. The van der Waals surface area contributed by atoms with Crippen LogP contribution in [0.2, 0.25) is 5.02 Å². The molecule has 3 aromatic rings. The molecule has 0 aliphatic heterocycles. The van der Waals surface area contributed by atoms with E-state index in [1.54, 1.807) is 36.5 Å². The quantitative estimate of drug-likeness (QED) is 0.660. The van der Waals surface area contributed by atoms with Crippen molar-refractivity contribution in [2.45, 2.75) is 19.6 Å². The van der Waals surface area contributed by atoms with Crippen molar-refractivity contribution in [1.82, 2.24) is 10.3 Å². The molecule has 0 aliphatic rings. The number of nitrogens with zero attached hydrogens (tertiary/aromatic N) is 1. The van der Waals surface area contributed by atoms with Gasteiger partial charge in [-0.2, -0.15) is 0 Å². The Balaban J connectivity index is 1.52. The van der Waals surface area contributed by atoms with Crippen LogP contribution in [0.3, 0.4) is 0 Å². The molecule has 4 nitrogen and oxygen atoms in total. The lowest BCUT2D eigenvalue weighted by atomic mass is 10.1. The second-order valence-corrected chi connectivity index (χ2v) is 6.44. The Morgan fingerprint density at radius 1 is 1.04 bits per heavy atom. The van der Waals surface area contributed by atoms with E-state index < -0.39 is 0 Å². The van der Waals surface area contributed by atoms with Crippen LogP contribution in [0, 0.1) is 5.82 Å². The van der Waals surface area contributed by atoms with E-state index >= 15 is 0 Å². The largest absolute Gasteiger partial charge is 0.473 e. The van der Waals surface area contributed by atoms with E-state index in [1.165, 1.54) is 12.1 Å². The molecule has 0 bridgehead atoms. The maximum Gasteiger partial charge on any atom is 0.224 e. The number of ether oxygens (including phenoxy) is 1. The third kappa shape index (κ3) is 6.08. The highest BCUT2D eigenvalue weighted by molar-refractivity contribution is 6.30. The number of carbonyl (C=O) groups is 1. The smallest absolute Gasteiger partial charge is 0.224 e. The van der Waals surface area contributed by atoms with Gasteiger partial charge in [-0.3, -0.25) is 4.79 Å². The molecular formula is C21H18ClFN2O2. The first-order chi connectivity index (χ1) is 13.1. The van der Waals surface area contributed by atoms with Crippen LogP contribution >= 0.6 is 11.6 Å². The van der Waals surface area contributed by atoms with Crippen LogP contribution in [-0.4, -0.2) is 10.9 Å². The number of amides is 1. The van der Waals surface area contributed by atoms with Crippen molar-refractivity contribution in [2.24, 2.45) is 0 Å². The molecule has 6 heteroatoms. The molecule has 138 valence electrons. The van der Waals surface area contributed by atoms with Gasteiger partial charge < -0.3 is 10.1 Å². The third-order valence-electron chi connectivity index (χ3n) is 3.82. The fraction of sp³-hybridized carbons (Fsp3) is 0.143. The topological polar surface area (TPSA) is 51.2 Å². The highest BCUT2D eigenvalue weighted by Gasteiger charge is 2.06. The molecule has 0 aliphatic carbocycles. The van der Waals surface area contributed by atoms with Gasteiger partial charge in [-0.05, 0) is 47.0 Å². The number of rotatable bonds is 7. The first-order valence-electron chi connectivity index (χ1n) is 8.42. The average molecular weight is 385 g/mol. The van der Waals surface area contributed by atoms with Crippen molar-refractivity contribution in [1.29, 1.82) is 0 Å². The second kappa shape index (κ2) is 9.14. The Labute approximate surface area is 162 Å². The molecule has 0 fully saturated rings. The molecule has 0 unspecified atom stereocenters. The summed E-state index contributed by atoms with van der Waals surface area (Å²) in [6.07, 6.45) is 1.75. The Hall–Kier alpha value is -2.92. The van der Waals surface area contributed by atoms with Crippen LogP contribution in [0.15, 0.2) is 66.9 Å². The van der Waals surface area contributed by atoms with Gasteiger partial charge in [0.15, 0.2) is 0 Å².